The third kappa shape index (κ3) is 4.96. The highest BCUT2D eigenvalue weighted by Crippen LogP contribution is 2.26. The molecule has 1 N–H and O–H groups in total. The molecule has 5 nitrogen and oxygen atoms in total. The monoisotopic (exact) mass is 380 g/mol. The highest BCUT2D eigenvalue weighted by molar-refractivity contribution is 7.92. The van der Waals surface area contributed by atoms with Crippen molar-refractivity contribution in [2.75, 3.05) is 15.9 Å². The Labute approximate surface area is 153 Å². The Morgan fingerprint density at radius 1 is 1.20 bits per heavy atom. The van der Waals surface area contributed by atoms with E-state index in [9.17, 15) is 13.2 Å². The predicted octanol–water partition coefficient (Wildman–Crippen LogP) is 3.83. The summed E-state index contributed by atoms with van der Waals surface area (Å²) >= 11 is 5.99. The van der Waals surface area contributed by atoms with Crippen molar-refractivity contribution in [1.82, 2.24) is 0 Å². The van der Waals surface area contributed by atoms with Crippen LogP contribution in [-0.4, -0.2) is 26.6 Å². The summed E-state index contributed by atoms with van der Waals surface area (Å²) in [7, 11) is -3.68. The van der Waals surface area contributed by atoms with Gasteiger partial charge in [0.25, 0.3) is 0 Å². The molecule has 0 aliphatic rings. The minimum atomic E-state index is -3.68. The first-order valence-electron chi connectivity index (χ1n) is 7.85. The van der Waals surface area contributed by atoms with E-state index in [2.05, 4.69) is 5.32 Å². The molecule has 1 amide bonds. The van der Waals surface area contributed by atoms with Gasteiger partial charge in [0.2, 0.25) is 15.9 Å². The highest BCUT2D eigenvalue weighted by atomic mass is 35.5. The van der Waals surface area contributed by atoms with E-state index in [1.165, 1.54) is 6.07 Å². The number of anilines is 2. The molecule has 0 saturated carbocycles. The summed E-state index contributed by atoms with van der Waals surface area (Å²) in [6, 6.07) is 12.9. The first-order valence-corrected chi connectivity index (χ1v) is 10.1. The molecule has 7 heteroatoms. The number of nitrogens with zero attached hydrogens (tertiary/aromatic N) is 1. The maximum Gasteiger partial charge on any atom is 0.248 e. The molecular weight excluding hydrogens is 360 g/mol. The summed E-state index contributed by atoms with van der Waals surface area (Å²) in [4.78, 5) is 12.8. The van der Waals surface area contributed by atoms with Crippen LogP contribution in [0.5, 0.6) is 0 Å². The molecule has 0 aliphatic heterocycles. The lowest BCUT2D eigenvalue weighted by atomic mass is 10.1. The van der Waals surface area contributed by atoms with Crippen LogP contribution in [-0.2, 0) is 14.8 Å². The van der Waals surface area contributed by atoms with Gasteiger partial charge in [0, 0.05) is 10.7 Å². The van der Waals surface area contributed by atoms with Gasteiger partial charge in [-0.1, -0.05) is 36.7 Å². The number of carbonyl (C=O) groups is 1. The average molecular weight is 381 g/mol. The van der Waals surface area contributed by atoms with E-state index in [-0.39, 0.29) is 0 Å². The van der Waals surface area contributed by atoms with Crippen LogP contribution in [0.3, 0.4) is 0 Å². The summed E-state index contributed by atoms with van der Waals surface area (Å²) in [5.74, 6) is -0.390. The van der Waals surface area contributed by atoms with Crippen molar-refractivity contribution in [3.8, 4) is 0 Å². The number of sulfonamides is 1. The number of carbonyl (C=O) groups excluding carboxylic acids is 1. The Morgan fingerprint density at radius 2 is 1.88 bits per heavy atom. The smallest absolute Gasteiger partial charge is 0.248 e. The van der Waals surface area contributed by atoms with Crippen LogP contribution in [0.4, 0.5) is 11.4 Å². The molecule has 0 spiro atoms. The molecule has 1 atom stereocenters. The van der Waals surface area contributed by atoms with Gasteiger partial charge in [-0.3, -0.25) is 9.10 Å². The fraction of sp³-hybridized carbons (Fsp3) is 0.278. The molecule has 0 aliphatic carbocycles. The summed E-state index contributed by atoms with van der Waals surface area (Å²) in [5.41, 5.74) is 1.99. The zero-order chi connectivity index (χ0) is 18.6. The molecule has 0 fully saturated rings. The second-order valence-corrected chi connectivity index (χ2v) is 8.12. The molecule has 0 bridgehead atoms. The van der Waals surface area contributed by atoms with Crippen molar-refractivity contribution in [2.45, 2.75) is 26.3 Å². The number of hydrogen-bond acceptors (Lipinski definition) is 3. The molecule has 1 unspecified atom stereocenters. The summed E-state index contributed by atoms with van der Waals surface area (Å²) in [6.07, 6.45) is 1.40. The molecule has 0 aromatic heterocycles. The highest BCUT2D eigenvalue weighted by Gasteiger charge is 2.31. The topological polar surface area (TPSA) is 66.5 Å². The Hall–Kier alpha value is -2.05. The summed E-state index contributed by atoms with van der Waals surface area (Å²) in [5, 5.41) is 3.20. The summed E-state index contributed by atoms with van der Waals surface area (Å²) < 4.78 is 25.8. The number of amides is 1. The van der Waals surface area contributed by atoms with Crippen LogP contribution < -0.4 is 9.62 Å². The van der Waals surface area contributed by atoms with Crippen LogP contribution in [0.15, 0.2) is 48.5 Å². The van der Waals surface area contributed by atoms with E-state index >= 15 is 0 Å². The van der Waals surface area contributed by atoms with Gasteiger partial charge in [-0.15, -0.1) is 0 Å². The Balaban J connectivity index is 2.38. The van der Waals surface area contributed by atoms with Gasteiger partial charge in [-0.05, 0) is 49.2 Å². The molecule has 0 radical (unpaired) electrons. The van der Waals surface area contributed by atoms with Crippen LogP contribution >= 0.6 is 11.6 Å². The average Bonchev–Trinajstić information content (AvgIpc) is 2.51. The molecule has 25 heavy (non-hydrogen) atoms. The first kappa shape index (κ1) is 19.3. The second-order valence-electron chi connectivity index (χ2n) is 5.82. The summed E-state index contributed by atoms with van der Waals surface area (Å²) in [6.45, 7) is 3.69. The standard InChI is InChI=1S/C18H21ClN2O3S/c1-4-17(18(22)20-15-9-5-7-13(2)11-15)21(25(3,23)24)16-10-6-8-14(19)12-16/h5-12,17H,4H2,1-3H3,(H,20,22). The van der Waals surface area contributed by atoms with Gasteiger partial charge in [-0.2, -0.15) is 0 Å². The molecular formula is C18H21ClN2O3S. The normalized spacial score (nSPS) is 12.5. The van der Waals surface area contributed by atoms with Crippen LogP contribution in [0.1, 0.15) is 18.9 Å². The van der Waals surface area contributed by atoms with Gasteiger partial charge >= 0.3 is 0 Å². The number of halogens is 1. The number of benzene rings is 2. The van der Waals surface area contributed by atoms with E-state index in [0.717, 1.165) is 16.1 Å². The fourth-order valence-electron chi connectivity index (χ4n) is 2.62. The van der Waals surface area contributed by atoms with E-state index in [1.807, 2.05) is 25.1 Å². The lowest BCUT2D eigenvalue weighted by molar-refractivity contribution is -0.117. The predicted molar refractivity (Wildman–Crippen MR) is 103 cm³/mol. The van der Waals surface area contributed by atoms with Crippen molar-refractivity contribution < 1.29 is 13.2 Å². The number of aryl methyl sites for hydroxylation is 1. The second kappa shape index (κ2) is 7.89. The van der Waals surface area contributed by atoms with E-state index < -0.39 is 22.0 Å². The SMILES string of the molecule is CCC(C(=O)Nc1cccc(C)c1)N(c1cccc(Cl)c1)S(C)(=O)=O. The van der Waals surface area contributed by atoms with Gasteiger partial charge in [0.15, 0.2) is 0 Å². The van der Waals surface area contributed by atoms with Crippen molar-refractivity contribution in [1.29, 1.82) is 0 Å². The largest absolute Gasteiger partial charge is 0.324 e. The lowest BCUT2D eigenvalue weighted by Gasteiger charge is -2.30. The van der Waals surface area contributed by atoms with Crippen molar-refractivity contribution in [3.63, 3.8) is 0 Å². The molecule has 2 aromatic carbocycles. The number of nitrogens with one attached hydrogen (secondary N) is 1. The molecule has 0 saturated heterocycles. The van der Waals surface area contributed by atoms with Gasteiger partial charge in [0.05, 0.1) is 11.9 Å². The van der Waals surface area contributed by atoms with E-state index in [4.69, 9.17) is 11.6 Å². The number of rotatable bonds is 6. The van der Waals surface area contributed by atoms with Crippen molar-refractivity contribution in [2.24, 2.45) is 0 Å². The van der Waals surface area contributed by atoms with Gasteiger partial charge < -0.3 is 5.32 Å². The fourth-order valence-corrected chi connectivity index (χ4v) is 4.01. The van der Waals surface area contributed by atoms with Gasteiger partial charge in [-0.25, -0.2) is 8.42 Å². The van der Waals surface area contributed by atoms with Crippen LogP contribution in [0.2, 0.25) is 5.02 Å². The zero-order valence-electron chi connectivity index (χ0n) is 14.4. The molecule has 134 valence electrons. The quantitative estimate of drug-likeness (QED) is 0.828. The Morgan fingerprint density at radius 3 is 2.44 bits per heavy atom. The van der Waals surface area contributed by atoms with E-state index in [0.29, 0.717) is 22.8 Å². The van der Waals surface area contributed by atoms with Crippen molar-refractivity contribution in [3.05, 3.63) is 59.1 Å². The maximum atomic E-state index is 12.8. The number of hydrogen-bond donors (Lipinski definition) is 1. The third-order valence-electron chi connectivity index (χ3n) is 3.68. The third-order valence-corrected chi connectivity index (χ3v) is 5.09. The Bertz CT molecular complexity index is 868. The molecule has 2 rings (SSSR count). The lowest BCUT2D eigenvalue weighted by Crippen LogP contribution is -2.47. The maximum absolute atomic E-state index is 12.8. The minimum absolute atomic E-state index is 0.317. The van der Waals surface area contributed by atoms with Crippen LogP contribution in [0, 0.1) is 6.92 Å². The van der Waals surface area contributed by atoms with Crippen LogP contribution in [0.25, 0.3) is 0 Å². The van der Waals surface area contributed by atoms with Crippen molar-refractivity contribution >= 4 is 38.9 Å². The van der Waals surface area contributed by atoms with E-state index in [1.54, 1.807) is 31.2 Å². The molecule has 2 aromatic rings. The Kier molecular flexibility index (Phi) is 6.08. The minimum Gasteiger partial charge on any atom is -0.324 e. The molecule has 0 heterocycles. The zero-order valence-corrected chi connectivity index (χ0v) is 15.9. The van der Waals surface area contributed by atoms with Gasteiger partial charge in [0.1, 0.15) is 6.04 Å². The first-order chi connectivity index (χ1) is 11.7.